The number of anilines is 2. The van der Waals surface area contributed by atoms with Crippen LogP contribution in [0.4, 0.5) is 11.9 Å². The molecule has 2 atom stereocenters. The third-order valence-corrected chi connectivity index (χ3v) is 3.81. The van der Waals surface area contributed by atoms with Gasteiger partial charge in [-0.25, -0.2) is 0 Å². The standard InChI is InChI=1S/C13H22ClN5/c1-3-9-6-5-7-10(8-9)16-13-18-11(14)17-12(19-13)15-4-2/h9-10H,3-8H2,1-2H3,(H2,15,16,17,18,19). The van der Waals surface area contributed by atoms with Crippen molar-refractivity contribution in [2.24, 2.45) is 5.92 Å². The Bertz CT molecular complexity index is 412. The van der Waals surface area contributed by atoms with Crippen LogP contribution in [0.5, 0.6) is 0 Å². The normalized spacial score (nSPS) is 23.1. The second-order valence-corrected chi connectivity index (χ2v) is 5.40. The summed E-state index contributed by atoms with van der Waals surface area (Å²) in [6.45, 7) is 5.02. The Labute approximate surface area is 119 Å². The van der Waals surface area contributed by atoms with Gasteiger partial charge in [-0.3, -0.25) is 0 Å². The van der Waals surface area contributed by atoms with Crippen LogP contribution in [0.25, 0.3) is 0 Å². The number of hydrogen-bond acceptors (Lipinski definition) is 5. The maximum absolute atomic E-state index is 5.92. The van der Waals surface area contributed by atoms with Crippen molar-refractivity contribution >= 4 is 23.5 Å². The molecule has 0 amide bonds. The van der Waals surface area contributed by atoms with Crippen molar-refractivity contribution in [3.63, 3.8) is 0 Å². The first-order valence-electron chi connectivity index (χ1n) is 7.13. The fourth-order valence-corrected chi connectivity index (χ4v) is 2.79. The van der Waals surface area contributed by atoms with Gasteiger partial charge in [0, 0.05) is 12.6 Å². The Balaban J connectivity index is 2.01. The highest BCUT2D eigenvalue weighted by atomic mass is 35.5. The number of hydrogen-bond donors (Lipinski definition) is 2. The van der Waals surface area contributed by atoms with Gasteiger partial charge in [0.1, 0.15) is 0 Å². The number of nitrogens with one attached hydrogen (secondary N) is 2. The van der Waals surface area contributed by atoms with Gasteiger partial charge in [0.15, 0.2) is 0 Å². The van der Waals surface area contributed by atoms with Crippen LogP contribution in [0.15, 0.2) is 0 Å². The molecule has 5 nitrogen and oxygen atoms in total. The molecular weight excluding hydrogens is 262 g/mol. The molecule has 1 saturated carbocycles. The lowest BCUT2D eigenvalue weighted by Gasteiger charge is -2.29. The van der Waals surface area contributed by atoms with E-state index in [-0.39, 0.29) is 5.28 Å². The van der Waals surface area contributed by atoms with E-state index in [1.807, 2.05) is 6.92 Å². The summed E-state index contributed by atoms with van der Waals surface area (Å²) in [5, 5.41) is 6.69. The first-order valence-corrected chi connectivity index (χ1v) is 7.51. The maximum Gasteiger partial charge on any atom is 0.229 e. The van der Waals surface area contributed by atoms with E-state index in [1.165, 1.54) is 32.1 Å². The molecule has 1 fully saturated rings. The van der Waals surface area contributed by atoms with Crippen LogP contribution in [-0.4, -0.2) is 27.5 Å². The van der Waals surface area contributed by atoms with Gasteiger partial charge in [-0.15, -0.1) is 0 Å². The Hall–Kier alpha value is -1.10. The van der Waals surface area contributed by atoms with Gasteiger partial charge in [-0.1, -0.05) is 26.2 Å². The van der Waals surface area contributed by atoms with Crippen molar-refractivity contribution in [3.8, 4) is 0 Å². The van der Waals surface area contributed by atoms with Crippen LogP contribution in [0.1, 0.15) is 46.0 Å². The van der Waals surface area contributed by atoms with Gasteiger partial charge < -0.3 is 10.6 Å². The van der Waals surface area contributed by atoms with Crippen LogP contribution in [0, 0.1) is 5.92 Å². The van der Waals surface area contributed by atoms with Crippen molar-refractivity contribution in [2.45, 2.75) is 52.0 Å². The minimum atomic E-state index is 0.233. The lowest BCUT2D eigenvalue weighted by Crippen LogP contribution is -2.28. The summed E-state index contributed by atoms with van der Waals surface area (Å²) in [4.78, 5) is 12.5. The molecule has 1 aromatic rings. The van der Waals surface area contributed by atoms with E-state index in [9.17, 15) is 0 Å². The molecule has 2 rings (SSSR count). The molecule has 1 aliphatic rings. The summed E-state index contributed by atoms with van der Waals surface area (Å²) in [5.41, 5.74) is 0. The monoisotopic (exact) mass is 283 g/mol. The first kappa shape index (κ1) is 14.3. The number of aromatic nitrogens is 3. The third-order valence-electron chi connectivity index (χ3n) is 3.64. The second-order valence-electron chi connectivity index (χ2n) is 5.06. The highest BCUT2D eigenvalue weighted by Crippen LogP contribution is 2.28. The molecule has 2 unspecified atom stereocenters. The molecule has 1 heterocycles. The zero-order chi connectivity index (χ0) is 13.7. The molecule has 2 N–H and O–H groups in total. The lowest BCUT2D eigenvalue weighted by molar-refractivity contribution is 0.326. The number of rotatable bonds is 5. The van der Waals surface area contributed by atoms with Crippen molar-refractivity contribution in [2.75, 3.05) is 17.2 Å². The van der Waals surface area contributed by atoms with E-state index >= 15 is 0 Å². The summed E-state index contributed by atoms with van der Waals surface area (Å²) in [5.74, 6) is 1.93. The molecule has 0 spiro atoms. The first-order chi connectivity index (χ1) is 9.21. The minimum absolute atomic E-state index is 0.233. The minimum Gasteiger partial charge on any atom is -0.354 e. The average Bonchev–Trinajstić information content (AvgIpc) is 2.38. The molecule has 0 bridgehead atoms. The predicted molar refractivity (Wildman–Crippen MR) is 78.7 cm³/mol. The maximum atomic E-state index is 5.92. The van der Waals surface area contributed by atoms with E-state index in [4.69, 9.17) is 11.6 Å². The largest absolute Gasteiger partial charge is 0.354 e. The Morgan fingerprint density at radius 3 is 2.68 bits per heavy atom. The number of nitrogens with zero attached hydrogens (tertiary/aromatic N) is 3. The zero-order valence-corrected chi connectivity index (χ0v) is 12.4. The Morgan fingerprint density at radius 2 is 1.95 bits per heavy atom. The molecule has 0 aromatic carbocycles. The van der Waals surface area contributed by atoms with E-state index < -0.39 is 0 Å². The zero-order valence-electron chi connectivity index (χ0n) is 11.6. The summed E-state index contributed by atoms with van der Waals surface area (Å²) >= 11 is 5.92. The van der Waals surface area contributed by atoms with Crippen LogP contribution in [-0.2, 0) is 0 Å². The van der Waals surface area contributed by atoms with E-state index in [0.29, 0.717) is 17.9 Å². The van der Waals surface area contributed by atoms with Gasteiger partial charge >= 0.3 is 0 Å². The Morgan fingerprint density at radius 1 is 1.16 bits per heavy atom. The lowest BCUT2D eigenvalue weighted by atomic mass is 9.84. The van der Waals surface area contributed by atoms with Gasteiger partial charge in [-0.2, -0.15) is 15.0 Å². The van der Waals surface area contributed by atoms with Crippen molar-refractivity contribution in [1.82, 2.24) is 15.0 Å². The van der Waals surface area contributed by atoms with Crippen molar-refractivity contribution < 1.29 is 0 Å². The van der Waals surface area contributed by atoms with E-state index in [0.717, 1.165) is 12.5 Å². The second kappa shape index (κ2) is 6.89. The summed E-state index contributed by atoms with van der Waals surface area (Å²) in [6, 6.07) is 0.451. The smallest absolute Gasteiger partial charge is 0.229 e. The number of halogens is 1. The fourth-order valence-electron chi connectivity index (χ4n) is 2.63. The summed E-state index contributed by atoms with van der Waals surface area (Å²) in [7, 11) is 0. The molecule has 0 radical (unpaired) electrons. The molecule has 0 aliphatic heterocycles. The Kier molecular flexibility index (Phi) is 5.19. The third kappa shape index (κ3) is 4.20. The van der Waals surface area contributed by atoms with E-state index in [2.05, 4.69) is 32.5 Å². The van der Waals surface area contributed by atoms with E-state index in [1.54, 1.807) is 0 Å². The van der Waals surface area contributed by atoms with Gasteiger partial charge in [0.25, 0.3) is 0 Å². The highest BCUT2D eigenvalue weighted by molar-refractivity contribution is 6.28. The van der Waals surface area contributed by atoms with Gasteiger partial charge in [0.2, 0.25) is 17.2 Å². The molecule has 106 valence electrons. The van der Waals surface area contributed by atoms with Crippen molar-refractivity contribution in [3.05, 3.63) is 5.28 Å². The quantitative estimate of drug-likeness (QED) is 0.868. The SMILES string of the molecule is CCNc1nc(Cl)nc(NC2CCCC(CC)C2)n1. The molecule has 0 saturated heterocycles. The highest BCUT2D eigenvalue weighted by Gasteiger charge is 2.21. The average molecular weight is 284 g/mol. The molecule has 1 aliphatic carbocycles. The summed E-state index contributed by atoms with van der Waals surface area (Å²) < 4.78 is 0. The molecule has 6 heteroatoms. The molecule has 1 aromatic heterocycles. The van der Waals surface area contributed by atoms with Gasteiger partial charge in [0.05, 0.1) is 0 Å². The van der Waals surface area contributed by atoms with Crippen LogP contribution in [0.3, 0.4) is 0 Å². The van der Waals surface area contributed by atoms with Gasteiger partial charge in [-0.05, 0) is 37.3 Å². The van der Waals surface area contributed by atoms with Crippen LogP contribution >= 0.6 is 11.6 Å². The van der Waals surface area contributed by atoms with Crippen LogP contribution < -0.4 is 10.6 Å². The van der Waals surface area contributed by atoms with Crippen molar-refractivity contribution in [1.29, 1.82) is 0 Å². The molecule has 19 heavy (non-hydrogen) atoms. The summed E-state index contributed by atoms with van der Waals surface area (Å²) in [6.07, 6.45) is 6.23. The predicted octanol–water partition coefficient (Wildman–Crippen LogP) is 3.34. The topological polar surface area (TPSA) is 62.7 Å². The fraction of sp³-hybridized carbons (Fsp3) is 0.769. The molecular formula is C13H22ClN5. The van der Waals surface area contributed by atoms with Crippen LogP contribution in [0.2, 0.25) is 5.28 Å².